The van der Waals surface area contributed by atoms with E-state index in [2.05, 4.69) is 10.4 Å². The van der Waals surface area contributed by atoms with Gasteiger partial charge in [0.15, 0.2) is 5.69 Å². The summed E-state index contributed by atoms with van der Waals surface area (Å²) in [5.74, 6) is -1.17. The second kappa shape index (κ2) is 6.51. The van der Waals surface area contributed by atoms with Crippen LogP contribution in [0.3, 0.4) is 0 Å². The third-order valence-electron chi connectivity index (χ3n) is 2.76. The Morgan fingerprint density at radius 3 is 2.60 bits per heavy atom. The van der Waals surface area contributed by atoms with Crippen LogP contribution in [-0.4, -0.2) is 26.8 Å². The molecule has 0 saturated heterocycles. The molecule has 2 N–H and O–H groups in total. The first-order valence-electron chi connectivity index (χ1n) is 6.22. The van der Waals surface area contributed by atoms with E-state index in [1.807, 2.05) is 30.3 Å². The van der Waals surface area contributed by atoms with Crippen LogP contribution in [0.5, 0.6) is 0 Å². The highest BCUT2D eigenvalue weighted by atomic mass is 16.4. The number of hydrogen-bond acceptors (Lipinski definition) is 3. The Labute approximate surface area is 116 Å². The van der Waals surface area contributed by atoms with Gasteiger partial charge in [-0.05, 0) is 11.6 Å². The van der Waals surface area contributed by atoms with Gasteiger partial charge in [0, 0.05) is 25.7 Å². The minimum atomic E-state index is -1.07. The lowest BCUT2D eigenvalue weighted by Crippen LogP contribution is -2.24. The molecule has 20 heavy (non-hydrogen) atoms. The lowest BCUT2D eigenvalue weighted by molar-refractivity contribution is -0.121. The van der Waals surface area contributed by atoms with Gasteiger partial charge in [0.05, 0.1) is 0 Å². The maximum Gasteiger partial charge on any atom is 0.356 e. The average Bonchev–Trinajstić information content (AvgIpc) is 2.93. The van der Waals surface area contributed by atoms with Crippen LogP contribution in [0.25, 0.3) is 0 Å². The minimum Gasteiger partial charge on any atom is -0.476 e. The fraction of sp³-hybridized carbons (Fsp3) is 0.214. The van der Waals surface area contributed by atoms with Gasteiger partial charge in [-0.3, -0.25) is 9.48 Å². The van der Waals surface area contributed by atoms with Gasteiger partial charge in [-0.1, -0.05) is 30.3 Å². The third kappa shape index (κ3) is 3.94. The molecule has 0 fully saturated rings. The molecule has 0 aliphatic carbocycles. The number of rotatable bonds is 6. The highest BCUT2D eigenvalue weighted by molar-refractivity contribution is 5.85. The number of hydrogen-bond donors (Lipinski definition) is 2. The number of nitrogens with zero attached hydrogens (tertiary/aromatic N) is 2. The number of amides is 1. The predicted octanol–water partition coefficient (Wildman–Crippen LogP) is 1.29. The van der Waals surface area contributed by atoms with Crippen molar-refractivity contribution < 1.29 is 14.7 Å². The molecule has 104 valence electrons. The number of carbonyl (C=O) groups excluding carboxylic acids is 1. The van der Waals surface area contributed by atoms with E-state index >= 15 is 0 Å². The topological polar surface area (TPSA) is 84.2 Å². The Morgan fingerprint density at radius 1 is 1.20 bits per heavy atom. The second-order valence-electron chi connectivity index (χ2n) is 4.28. The molecule has 0 aliphatic rings. The molecule has 0 aliphatic heterocycles. The summed E-state index contributed by atoms with van der Waals surface area (Å²) in [6.45, 7) is 0.840. The summed E-state index contributed by atoms with van der Waals surface area (Å²) in [5.41, 5.74) is 1.02. The molecule has 2 aromatic rings. The molecule has 0 spiro atoms. The van der Waals surface area contributed by atoms with E-state index in [4.69, 9.17) is 5.11 Å². The van der Waals surface area contributed by atoms with Crippen molar-refractivity contribution in [2.24, 2.45) is 0 Å². The van der Waals surface area contributed by atoms with E-state index in [0.29, 0.717) is 13.1 Å². The number of aromatic carboxylic acids is 1. The monoisotopic (exact) mass is 273 g/mol. The normalized spacial score (nSPS) is 10.2. The maximum absolute atomic E-state index is 11.7. The third-order valence-corrected chi connectivity index (χ3v) is 2.76. The van der Waals surface area contributed by atoms with E-state index in [1.165, 1.54) is 10.7 Å². The molecular weight excluding hydrogens is 258 g/mol. The average molecular weight is 273 g/mol. The number of aryl methyl sites for hydroxylation is 1. The van der Waals surface area contributed by atoms with Crippen LogP contribution in [-0.2, 0) is 17.9 Å². The molecule has 0 radical (unpaired) electrons. The standard InChI is InChI=1S/C14H15N3O3/c18-13(15-10-11-4-2-1-3-5-11)7-9-17-8-6-12(16-17)14(19)20/h1-6,8H,7,9-10H2,(H,15,18)(H,19,20). The highest BCUT2D eigenvalue weighted by Crippen LogP contribution is 1.99. The first-order valence-corrected chi connectivity index (χ1v) is 6.22. The summed E-state index contributed by atoms with van der Waals surface area (Å²) in [5, 5.41) is 15.4. The van der Waals surface area contributed by atoms with Crippen LogP contribution in [0.2, 0.25) is 0 Å². The highest BCUT2D eigenvalue weighted by Gasteiger charge is 2.07. The van der Waals surface area contributed by atoms with Gasteiger partial charge in [-0.15, -0.1) is 0 Å². The van der Waals surface area contributed by atoms with Crippen molar-refractivity contribution in [1.29, 1.82) is 0 Å². The summed E-state index contributed by atoms with van der Waals surface area (Å²) in [6, 6.07) is 11.0. The van der Waals surface area contributed by atoms with Crippen molar-refractivity contribution >= 4 is 11.9 Å². The number of aromatic nitrogens is 2. The SMILES string of the molecule is O=C(CCn1ccc(C(=O)O)n1)NCc1ccccc1. The summed E-state index contributed by atoms with van der Waals surface area (Å²) < 4.78 is 1.45. The van der Waals surface area contributed by atoms with Gasteiger partial charge >= 0.3 is 5.97 Å². The summed E-state index contributed by atoms with van der Waals surface area (Å²) in [6.07, 6.45) is 1.81. The molecule has 0 atom stereocenters. The van der Waals surface area contributed by atoms with Crippen molar-refractivity contribution in [2.45, 2.75) is 19.5 Å². The van der Waals surface area contributed by atoms with Crippen LogP contribution in [0.1, 0.15) is 22.5 Å². The van der Waals surface area contributed by atoms with E-state index in [0.717, 1.165) is 5.56 Å². The van der Waals surface area contributed by atoms with Gasteiger partial charge in [0.25, 0.3) is 0 Å². The van der Waals surface area contributed by atoms with Crippen LogP contribution in [0.4, 0.5) is 0 Å². The molecule has 0 bridgehead atoms. The minimum absolute atomic E-state index is 0.0188. The fourth-order valence-corrected chi connectivity index (χ4v) is 1.70. The molecular formula is C14H15N3O3. The number of carboxylic acid groups (broad SMARTS) is 1. The number of carboxylic acids is 1. The van der Waals surface area contributed by atoms with E-state index in [-0.39, 0.29) is 18.0 Å². The molecule has 6 heteroatoms. The zero-order chi connectivity index (χ0) is 14.4. The fourth-order valence-electron chi connectivity index (χ4n) is 1.70. The first-order chi connectivity index (χ1) is 9.65. The van der Waals surface area contributed by atoms with Crippen molar-refractivity contribution in [3.63, 3.8) is 0 Å². The lowest BCUT2D eigenvalue weighted by Gasteiger charge is -2.05. The number of carbonyl (C=O) groups is 2. The van der Waals surface area contributed by atoms with Crippen molar-refractivity contribution in [1.82, 2.24) is 15.1 Å². The van der Waals surface area contributed by atoms with Crippen molar-refractivity contribution in [3.8, 4) is 0 Å². The van der Waals surface area contributed by atoms with Gasteiger partial charge in [0.1, 0.15) is 0 Å². The second-order valence-corrected chi connectivity index (χ2v) is 4.28. The first kappa shape index (κ1) is 13.8. The molecule has 1 aromatic carbocycles. The van der Waals surface area contributed by atoms with Gasteiger partial charge in [-0.2, -0.15) is 5.10 Å². The molecule has 1 amide bonds. The quantitative estimate of drug-likeness (QED) is 0.830. The number of benzene rings is 1. The van der Waals surface area contributed by atoms with E-state index < -0.39 is 5.97 Å². The molecule has 1 heterocycles. The van der Waals surface area contributed by atoms with Crippen LogP contribution in [0.15, 0.2) is 42.6 Å². The summed E-state index contributed by atoms with van der Waals surface area (Å²) >= 11 is 0. The smallest absolute Gasteiger partial charge is 0.356 e. The van der Waals surface area contributed by atoms with Crippen LogP contribution >= 0.6 is 0 Å². The zero-order valence-corrected chi connectivity index (χ0v) is 10.8. The van der Waals surface area contributed by atoms with Crippen molar-refractivity contribution in [3.05, 3.63) is 53.9 Å². The van der Waals surface area contributed by atoms with Gasteiger partial charge < -0.3 is 10.4 Å². The Morgan fingerprint density at radius 2 is 1.95 bits per heavy atom. The maximum atomic E-state index is 11.7. The van der Waals surface area contributed by atoms with E-state index in [9.17, 15) is 9.59 Å². The Hall–Kier alpha value is -2.63. The number of nitrogens with one attached hydrogen (secondary N) is 1. The molecule has 1 aromatic heterocycles. The Kier molecular flexibility index (Phi) is 4.49. The van der Waals surface area contributed by atoms with Gasteiger partial charge in [0.2, 0.25) is 5.91 Å². The largest absolute Gasteiger partial charge is 0.476 e. The molecule has 6 nitrogen and oxygen atoms in total. The molecule has 0 unspecified atom stereocenters. The predicted molar refractivity (Wildman–Crippen MR) is 72.1 cm³/mol. The van der Waals surface area contributed by atoms with Crippen LogP contribution in [0, 0.1) is 0 Å². The van der Waals surface area contributed by atoms with Crippen LogP contribution < -0.4 is 5.32 Å². The molecule has 0 saturated carbocycles. The Balaban J connectivity index is 1.76. The molecule has 2 rings (SSSR count). The summed E-state index contributed by atoms with van der Waals surface area (Å²) in [4.78, 5) is 22.3. The zero-order valence-electron chi connectivity index (χ0n) is 10.8. The lowest BCUT2D eigenvalue weighted by atomic mass is 10.2. The van der Waals surface area contributed by atoms with Crippen molar-refractivity contribution in [2.75, 3.05) is 0 Å². The summed E-state index contributed by atoms with van der Waals surface area (Å²) in [7, 11) is 0. The van der Waals surface area contributed by atoms with E-state index in [1.54, 1.807) is 6.20 Å². The Bertz CT molecular complexity index is 593. The van der Waals surface area contributed by atoms with Gasteiger partial charge in [-0.25, -0.2) is 4.79 Å².